The molecule has 18 heavy (non-hydrogen) atoms. The van der Waals surface area contributed by atoms with Crippen molar-refractivity contribution in [3.63, 3.8) is 0 Å². The van der Waals surface area contributed by atoms with E-state index in [4.69, 9.17) is 9.47 Å². The molecule has 0 saturated heterocycles. The lowest BCUT2D eigenvalue weighted by Crippen LogP contribution is -2.40. The van der Waals surface area contributed by atoms with E-state index < -0.39 is 0 Å². The Kier molecular flexibility index (Phi) is 4.62. The predicted octanol–water partition coefficient (Wildman–Crippen LogP) is 2.99. The molecule has 1 N–H and O–H groups in total. The number of methoxy groups -OCH3 is 2. The molecule has 0 saturated carbocycles. The highest BCUT2D eigenvalue weighted by Gasteiger charge is 2.21. The molecule has 4 nitrogen and oxygen atoms in total. The zero-order chi connectivity index (χ0) is 13.9. The molecule has 0 fully saturated rings. The fourth-order valence-corrected chi connectivity index (χ4v) is 2.07. The van der Waals surface area contributed by atoms with Crippen LogP contribution in [-0.2, 0) is 0 Å². The molecule has 0 bridgehead atoms. The van der Waals surface area contributed by atoms with Crippen LogP contribution in [0.15, 0.2) is 16.6 Å². The van der Waals surface area contributed by atoms with E-state index in [1.807, 2.05) is 20.8 Å². The fraction of sp³-hybridized carbons (Fsp3) is 0.462. The standard InChI is InChI=1S/C13H18BrNO3/c1-13(2,3)15-12(16)9-6-8(17-4)7-10(14)11(9)18-5/h6-7H,1-5H3,(H,15,16). The molecule has 1 aromatic carbocycles. The first kappa shape index (κ1) is 14.8. The first-order valence-corrected chi connectivity index (χ1v) is 6.32. The molecule has 1 aromatic rings. The Morgan fingerprint density at radius 3 is 2.28 bits per heavy atom. The summed E-state index contributed by atoms with van der Waals surface area (Å²) >= 11 is 3.36. The van der Waals surface area contributed by atoms with Crippen LogP contribution in [0, 0.1) is 0 Å². The Bertz CT molecular complexity index is 452. The average Bonchev–Trinajstić information content (AvgIpc) is 2.25. The Morgan fingerprint density at radius 1 is 1.22 bits per heavy atom. The van der Waals surface area contributed by atoms with Crippen LogP contribution in [0.3, 0.4) is 0 Å². The van der Waals surface area contributed by atoms with Gasteiger partial charge in [0, 0.05) is 5.54 Å². The Balaban J connectivity index is 3.21. The molecule has 0 unspecified atom stereocenters. The summed E-state index contributed by atoms with van der Waals surface area (Å²) in [5, 5.41) is 2.89. The molecule has 0 aliphatic rings. The van der Waals surface area contributed by atoms with Crippen molar-refractivity contribution >= 4 is 21.8 Å². The van der Waals surface area contributed by atoms with Gasteiger partial charge in [0.2, 0.25) is 0 Å². The molecule has 100 valence electrons. The van der Waals surface area contributed by atoms with E-state index in [0.717, 1.165) is 0 Å². The van der Waals surface area contributed by atoms with Crippen LogP contribution < -0.4 is 14.8 Å². The van der Waals surface area contributed by atoms with Crippen molar-refractivity contribution < 1.29 is 14.3 Å². The number of amides is 1. The van der Waals surface area contributed by atoms with Gasteiger partial charge in [-0.3, -0.25) is 4.79 Å². The number of carbonyl (C=O) groups is 1. The summed E-state index contributed by atoms with van der Waals surface area (Å²) in [7, 11) is 3.08. The third kappa shape index (κ3) is 3.63. The van der Waals surface area contributed by atoms with Crippen LogP contribution >= 0.6 is 15.9 Å². The number of carbonyl (C=O) groups excluding carboxylic acids is 1. The van der Waals surface area contributed by atoms with Crippen molar-refractivity contribution in [2.75, 3.05) is 14.2 Å². The summed E-state index contributed by atoms with van der Waals surface area (Å²) in [4.78, 5) is 12.2. The van der Waals surface area contributed by atoms with Gasteiger partial charge in [-0.2, -0.15) is 0 Å². The summed E-state index contributed by atoms with van der Waals surface area (Å²) in [5.41, 5.74) is 0.135. The van der Waals surface area contributed by atoms with E-state index in [1.165, 1.54) is 7.11 Å². The summed E-state index contributed by atoms with van der Waals surface area (Å²) in [5.74, 6) is 0.901. The topological polar surface area (TPSA) is 47.6 Å². The van der Waals surface area contributed by atoms with Crippen LogP contribution in [0.2, 0.25) is 0 Å². The SMILES string of the molecule is COc1cc(Br)c(OC)c(C(=O)NC(C)(C)C)c1. The molecule has 0 radical (unpaired) electrons. The van der Waals surface area contributed by atoms with Crippen molar-refractivity contribution in [1.82, 2.24) is 5.32 Å². The lowest BCUT2D eigenvalue weighted by molar-refractivity contribution is 0.0916. The second-order valence-corrected chi connectivity index (χ2v) is 5.75. The molecule has 0 aliphatic carbocycles. The van der Waals surface area contributed by atoms with Crippen molar-refractivity contribution in [1.29, 1.82) is 0 Å². The summed E-state index contributed by atoms with van der Waals surface area (Å²) < 4.78 is 11.1. The minimum atomic E-state index is -0.308. The van der Waals surface area contributed by atoms with Crippen molar-refractivity contribution in [3.05, 3.63) is 22.2 Å². The van der Waals surface area contributed by atoms with Crippen LogP contribution in [0.5, 0.6) is 11.5 Å². The molecule has 0 spiro atoms. The van der Waals surface area contributed by atoms with Crippen molar-refractivity contribution in [2.24, 2.45) is 0 Å². The van der Waals surface area contributed by atoms with Gasteiger partial charge in [-0.05, 0) is 48.8 Å². The van der Waals surface area contributed by atoms with E-state index >= 15 is 0 Å². The molecule has 0 heterocycles. The second-order valence-electron chi connectivity index (χ2n) is 4.89. The molecule has 0 aliphatic heterocycles. The number of nitrogens with one attached hydrogen (secondary N) is 1. The van der Waals surface area contributed by atoms with Crippen molar-refractivity contribution in [3.8, 4) is 11.5 Å². The van der Waals surface area contributed by atoms with Crippen LogP contribution in [-0.4, -0.2) is 25.7 Å². The maximum absolute atomic E-state index is 12.2. The first-order chi connectivity index (χ1) is 8.28. The number of rotatable bonds is 3. The van der Waals surface area contributed by atoms with Gasteiger partial charge in [0.1, 0.15) is 11.5 Å². The minimum Gasteiger partial charge on any atom is -0.497 e. The van der Waals surface area contributed by atoms with Gasteiger partial charge in [0.05, 0.1) is 24.3 Å². The molecule has 0 aromatic heterocycles. The number of halogens is 1. The van der Waals surface area contributed by atoms with Gasteiger partial charge in [-0.25, -0.2) is 0 Å². The Hall–Kier alpha value is -1.23. The normalized spacial score (nSPS) is 11.0. The highest BCUT2D eigenvalue weighted by atomic mass is 79.9. The quantitative estimate of drug-likeness (QED) is 0.932. The third-order valence-corrected chi connectivity index (χ3v) is 2.78. The Morgan fingerprint density at radius 2 is 1.83 bits per heavy atom. The zero-order valence-electron chi connectivity index (χ0n) is 11.3. The van der Waals surface area contributed by atoms with Crippen LogP contribution in [0.1, 0.15) is 31.1 Å². The Labute approximate surface area is 116 Å². The van der Waals surface area contributed by atoms with Crippen LogP contribution in [0.25, 0.3) is 0 Å². The molecular weight excluding hydrogens is 298 g/mol. The van der Waals surface area contributed by atoms with Crippen LogP contribution in [0.4, 0.5) is 0 Å². The fourth-order valence-electron chi connectivity index (χ4n) is 1.47. The van der Waals surface area contributed by atoms with E-state index in [2.05, 4.69) is 21.2 Å². The summed E-state index contributed by atoms with van der Waals surface area (Å²) in [6, 6.07) is 3.41. The van der Waals surface area contributed by atoms with E-state index in [1.54, 1.807) is 19.2 Å². The van der Waals surface area contributed by atoms with Gasteiger partial charge < -0.3 is 14.8 Å². The zero-order valence-corrected chi connectivity index (χ0v) is 12.8. The molecule has 1 amide bonds. The lowest BCUT2D eigenvalue weighted by atomic mass is 10.1. The monoisotopic (exact) mass is 315 g/mol. The number of benzene rings is 1. The molecule has 5 heteroatoms. The van der Waals surface area contributed by atoms with Crippen molar-refractivity contribution in [2.45, 2.75) is 26.3 Å². The molecule has 0 atom stereocenters. The average molecular weight is 316 g/mol. The van der Waals surface area contributed by atoms with Gasteiger partial charge in [-0.1, -0.05) is 0 Å². The van der Waals surface area contributed by atoms with Gasteiger partial charge >= 0.3 is 0 Å². The van der Waals surface area contributed by atoms with E-state index in [0.29, 0.717) is 21.5 Å². The van der Waals surface area contributed by atoms with Gasteiger partial charge in [0.15, 0.2) is 0 Å². The predicted molar refractivity (Wildman–Crippen MR) is 74.5 cm³/mol. The highest BCUT2D eigenvalue weighted by Crippen LogP contribution is 2.33. The lowest BCUT2D eigenvalue weighted by Gasteiger charge is -2.21. The molecular formula is C13H18BrNO3. The van der Waals surface area contributed by atoms with E-state index in [-0.39, 0.29) is 11.4 Å². The van der Waals surface area contributed by atoms with E-state index in [9.17, 15) is 4.79 Å². The number of hydrogen-bond donors (Lipinski definition) is 1. The third-order valence-electron chi connectivity index (χ3n) is 2.19. The van der Waals surface area contributed by atoms with Gasteiger partial charge in [0.25, 0.3) is 5.91 Å². The minimum absolute atomic E-state index is 0.195. The summed E-state index contributed by atoms with van der Waals surface area (Å²) in [6.07, 6.45) is 0. The first-order valence-electron chi connectivity index (χ1n) is 5.52. The number of ether oxygens (including phenoxy) is 2. The van der Waals surface area contributed by atoms with Gasteiger partial charge in [-0.15, -0.1) is 0 Å². The maximum Gasteiger partial charge on any atom is 0.255 e. The second kappa shape index (κ2) is 5.61. The smallest absolute Gasteiger partial charge is 0.255 e. The number of hydrogen-bond acceptors (Lipinski definition) is 3. The molecule has 1 rings (SSSR count). The maximum atomic E-state index is 12.2. The summed E-state index contributed by atoms with van der Waals surface area (Å²) in [6.45, 7) is 5.77. The highest BCUT2D eigenvalue weighted by molar-refractivity contribution is 9.10. The largest absolute Gasteiger partial charge is 0.497 e.